The largest absolute Gasteiger partial charge is 0.478 e. The molecule has 2 aromatic heterocycles. The van der Waals surface area contributed by atoms with E-state index in [0.29, 0.717) is 5.89 Å². The van der Waals surface area contributed by atoms with Gasteiger partial charge >= 0.3 is 5.97 Å². The van der Waals surface area contributed by atoms with Crippen LogP contribution in [0.3, 0.4) is 0 Å². The Balaban J connectivity index is 1.91. The summed E-state index contributed by atoms with van der Waals surface area (Å²) in [6.45, 7) is 1.97. The van der Waals surface area contributed by atoms with Gasteiger partial charge in [-0.15, -0.1) is 10.2 Å². The molecule has 3 aromatic rings. The first kappa shape index (κ1) is 16.6. The van der Waals surface area contributed by atoms with Crippen LogP contribution in [0.25, 0.3) is 11.6 Å². The van der Waals surface area contributed by atoms with Gasteiger partial charge in [-0.1, -0.05) is 37.3 Å². The van der Waals surface area contributed by atoms with E-state index in [1.807, 2.05) is 37.3 Å². The quantitative estimate of drug-likeness (QED) is 0.767. The van der Waals surface area contributed by atoms with E-state index < -0.39 is 11.5 Å². The molecule has 3 rings (SSSR count). The highest BCUT2D eigenvalue weighted by Crippen LogP contribution is 2.23. The van der Waals surface area contributed by atoms with Crippen LogP contribution in [-0.2, 0) is 13.5 Å². The van der Waals surface area contributed by atoms with Gasteiger partial charge in [0.05, 0.1) is 5.56 Å². The van der Waals surface area contributed by atoms with Gasteiger partial charge in [0.1, 0.15) is 5.69 Å². The van der Waals surface area contributed by atoms with E-state index in [9.17, 15) is 9.59 Å². The number of benzene rings is 1. The standard InChI is InChI=1S/C18H17N3O4/c1-11(8-12-6-4-3-5-7-12)16-19-20-17(25-16)14-9-13(18(23)24)10-15(22)21(14)2/h3-7,9-11H,8H2,1-2H3,(H,23,24)/t11-/m0/s1. The summed E-state index contributed by atoms with van der Waals surface area (Å²) in [5.74, 6) is -0.635. The van der Waals surface area contributed by atoms with E-state index in [1.54, 1.807) is 0 Å². The van der Waals surface area contributed by atoms with Gasteiger partial charge in [-0.2, -0.15) is 0 Å². The van der Waals surface area contributed by atoms with Gasteiger partial charge < -0.3 is 14.1 Å². The summed E-state index contributed by atoms with van der Waals surface area (Å²) < 4.78 is 6.98. The van der Waals surface area contributed by atoms with Gasteiger partial charge in [-0.25, -0.2) is 4.79 Å². The first-order valence-electron chi connectivity index (χ1n) is 7.77. The predicted molar refractivity (Wildman–Crippen MR) is 90.5 cm³/mol. The van der Waals surface area contributed by atoms with Crippen LogP contribution in [0.1, 0.15) is 34.7 Å². The predicted octanol–water partition coefficient (Wildman–Crippen LogP) is 2.48. The van der Waals surface area contributed by atoms with Crippen LogP contribution in [0, 0.1) is 0 Å². The minimum absolute atomic E-state index is 0.0108. The molecule has 0 saturated heterocycles. The van der Waals surface area contributed by atoms with Crippen molar-refractivity contribution in [3.05, 3.63) is 69.8 Å². The van der Waals surface area contributed by atoms with Crippen molar-refractivity contribution < 1.29 is 14.3 Å². The summed E-state index contributed by atoms with van der Waals surface area (Å²) in [5, 5.41) is 17.2. The Morgan fingerprint density at radius 2 is 1.96 bits per heavy atom. The monoisotopic (exact) mass is 339 g/mol. The molecule has 0 aliphatic carbocycles. The molecule has 0 bridgehead atoms. The zero-order chi connectivity index (χ0) is 18.0. The second kappa shape index (κ2) is 6.72. The van der Waals surface area contributed by atoms with Crippen LogP contribution in [0.2, 0.25) is 0 Å². The van der Waals surface area contributed by atoms with Gasteiger partial charge in [-0.3, -0.25) is 4.79 Å². The van der Waals surface area contributed by atoms with Crippen molar-refractivity contribution in [2.75, 3.05) is 0 Å². The molecule has 1 aromatic carbocycles. The SMILES string of the molecule is C[C@@H](Cc1ccccc1)c1nnc(-c2cc(C(=O)O)cc(=O)n2C)o1. The lowest BCUT2D eigenvalue weighted by molar-refractivity contribution is 0.0696. The van der Waals surface area contributed by atoms with Gasteiger partial charge in [0.2, 0.25) is 5.89 Å². The zero-order valence-corrected chi connectivity index (χ0v) is 13.8. The second-order valence-electron chi connectivity index (χ2n) is 5.87. The van der Waals surface area contributed by atoms with Gasteiger partial charge in [0.25, 0.3) is 11.4 Å². The molecule has 7 heteroatoms. The minimum atomic E-state index is -1.18. The van der Waals surface area contributed by atoms with E-state index in [0.717, 1.165) is 18.1 Å². The van der Waals surface area contributed by atoms with E-state index in [4.69, 9.17) is 9.52 Å². The number of pyridine rings is 1. The Bertz CT molecular complexity index is 960. The second-order valence-corrected chi connectivity index (χ2v) is 5.87. The smallest absolute Gasteiger partial charge is 0.335 e. The van der Waals surface area contributed by atoms with Gasteiger partial charge in [-0.05, 0) is 18.1 Å². The zero-order valence-electron chi connectivity index (χ0n) is 13.8. The molecule has 128 valence electrons. The molecule has 0 spiro atoms. The van der Waals surface area contributed by atoms with Crippen LogP contribution in [0.5, 0.6) is 0 Å². The summed E-state index contributed by atoms with van der Waals surface area (Å²) in [5.41, 5.74) is 0.854. The van der Waals surface area contributed by atoms with Crippen LogP contribution < -0.4 is 5.56 Å². The van der Waals surface area contributed by atoms with Crippen molar-refractivity contribution in [3.8, 4) is 11.6 Å². The summed E-state index contributed by atoms with van der Waals surface area (Å²) in [7, 11) is 1.53. The molecule has 0 radical (unpaired) electrons. The maximum absolute atomic E-state index is 11.9. The number of hydrogen-bond acceptors (Lipinski definition) is 5. The molecule has 0 unspecified atom stereocenters. The number of carboxylic acids is 1. The van der Waals surface area contributed by atoms with Crippen molar-refractivity contribution >= 4 is 5.97 Å². The molecule has 1 atom stereocenters. The Kier molecular flexibility index (Phi) is 4.47. The molecule has 2 heterocycles. The topological polar surface area (TPSA) is 98.2 Å². The molecular formula is C18H17N3O4. The fraction of sp³-hybridized carbons (Fsp3) is 0.222. The molecule has 25 heavy (non-hydrogen) atoms. The highest BCUT2D eigenvalue weighted by atomic mass is 16.4. The third kappa shape index (κ3) is 3.50. The number of aromatic nitrogens is 3. The highest BCUT2D eigenvalue weighted by Gasteiger charge is 2.19. The number of carboxylic acid groups (broad SMARTS) is 1. The minimum Gasteiger partial charge on any atom is -0.478 e. The Hall–Kier alpha value is -3.22. The lowest BCUT2D eigenvalue weighted by Crippen LogP contribution is -2.19. The number of carbonyl (C=O) groups is 1. The lowest BCUT2D eigenvalue weighted by Gasteiger charge is -2.07. The van der Waals surface area contributed by atoms with Crippen LogP contribution in [0.15, 0.2) is 51.7 Å². The average molecular weight is 339 g/mol. The van der Waals surface area contributed by atoms with Crippen molar-refractivity contribution in [1.29, 1.82) is 0 Å². The maximum Gasteiger partial charge on any atom is 0.335 e. The summed E-state index contributed by atoms with van der Waals surface area (Å²) in [4.78, 5) is 23.1. The fourth-order valence-electron chi connectivity index (χ4n) is 2.56. The van der Waals surface area contributed by atoms with Crippen molar-refractivity contribution in [2.45, 2.75) is 19.3 Å². The Labute approximate surface area is 143 Å². The van der Waals surface area contributed by atoms with Crippen molar-refractivity contribution in [1.82, 2.24) is 14.8 Å². The summed E-state index contributed by atoms with van der Waals surface area (Å²) in [6, 6.07) is 12.3. The number of rotatable bonds is 5. The molecule has 7 nitrogen and oxygen atoms in total. The van der Waals surface area contributed by atoms with Crippen LogP contribution in [-0.4, -0.2) is 25.8 Å². The third-order valence-corrected chi connectivity index (χ3v) is 3.98. The first-order valence-corrected chi connectivity index (χ1v) is 7.77. The third-order valence-electron chi connectivity index (χ3n) is 3.98. The van der Waals surface area contributed by atoms with Gasteiger partial charge in [0, 0.05) is 19.0 Å². The molecule has 1 N–H and O–H groups in total. The fourth-order valence-corrected chi connectivity index (χ4v) is 2.56. The van der Waals surface area contributed by atoms with Crippen molar-refractivity contribution in [3.63, 3.8) is 0 Å². The lowest BCUT2D eigenvalue weighted by atomic mass is 10.0. The van der Waals surface area contributed by atoms with Crippen LogP contribution in [0.4, 0.5) is 0 Å². The molecule has 0 fully saturated rings. The molecule has 0 amide bonds. The highest BCUT2D eigenvalue weighted by molar-refractivity contribution is 5.88. The van der Waals surface area contributed by atoms with E-state index in [1.165, 1.54) is 17.7 Å². The molecule has 0 saturated carbocycles. The Morgan fingerprint density at radius 3 is 2.64 bits per heavy atom. The molecule has 0 aliphatic rings. The van der Waals surface area contributed by atoms with Crippen molar-refractivity contribution in [2.24, 2.45) is 7.05 Å². The van der Waals surface area contributed by atoms with Gasteiger partial charge in [0.15, 0.2) is 0 Å². The van der Waals surface area contributed by atoms with E-state index in [-0.39, 0.29) is 23.1 Å². The number of aromatic carboxylic acids is 1. The summed E-state index contributed by atoms with van der Waals surface area (Å²) in [6.07, 6.45) is 0.733. The first-order chi connectivity index (χ1) is 12.0. The molecule has 0 aliphatic heterocycles. The Morgan fingerprint density at radius 1 is 1.24 bits per heavy atom. The maximum atomic E-state index is 11.9. The van der Waals surface area contributed by atoms with E-state index >= 15 is 0 Å². The number of nitrogens with zero attached hydrogens (tertiary/aromatic N) is 3. The van der Waals surface area contributed by atoms with Crippen LogP contribution >= 0.6 is 0 Å². The summed E-state index contributed by atoms with van der Waals surface area (Å²) >= 11 is 0. The van der Waals surface area contributed by atoms with E-state index in [2.05, 4.69) is 10.2 Å². The number of hydrogen-bond donors (Lipinski definition) is 1. The average Bonchev–Trinajstić information content (AvgIpc) is 3.08. The molecular weight excluding hydrogens is 322 g/mol. The normalized spacial score (nSPS) is 12.1.